The van der Waals surface area contributed by atoms with Gasteiger partial charge in [0, 0.05) is 12.6 Å². The summed E-state index contributed by atoms with van der Waals surface area (Å²) in [4.78, 5) is 10.8. The number of nitrogens with one attached hydrogen (secondary N) is 1. The van der Waals surface area contributed by atoms with E-state index >= 15 is 0 Å². The third kappa shape index (κ3) is 3.39. The molecule has 1 aromatic heterocycles. The third-order valence-electron chi connectivity index (χ3n) is 2.08. The van der Waals surface area contributed by atoms with Gasteiger partial charge in [-0.2, -0.15) is 0 Å². The average Bonchev–Trinajstić information content (AvgIpc) is 2.75. The second-order valence-electron chi connectivity index (χ2n) is 3.63. The highest BCUT2D eigenvalue weighted by molar-refractivity contribution is 7.16. The van der Waals surface area contributed by atoms with Crippen LogP contribution < -0.4 is 11.1 Å². The molecule has 18 heavy (non-hydrogen) atoms. The molecule has 6 heteroatoms. The summed E-state index contributed by atoms with van der Waals surface area (Å²) in [5.41, 5.74) is 7.36. The smallest absolute Gasteiger partial charge is 0.223 e. The molecule has 2 rings (SSSR count). The Balaban J connectivity index is 2.06. The predicted molar refractivity (Wildman–Crippen MR) is 74.0 cm³/mol. The minimum atomic E-state index is -0.153. The van der Waals surface area contributed by atoms with Gasteiger partial charge in [-0.15, -0.1) is 10.2 Å². The number of rotatable bonds is 3. The van der Waals surface area contributed by atoms with Crippen molar-refractivity contribution in [3.05, 3.63) is 34.8 Å². The number of amides is 1. The van der Waals surface area contributed by atoms with Crippen LogP contribution in [0.15, 0.2) is 24.3 Å². The van der Waals surface area contributed by atoms with Gasteiger partial charge >= 0.3 is 0 Å². The van der Waals surface area contributed by atoms with Crippen LogP contribution in [-0.4, -0.2) is 16.1 Å². The molecule has 0 aliphatic heterocycles. The van der Waals surface area contributed by atoms with Crippen molar-refractivity contribution in [2.45, 2.75) is 6.92 Å². The number of anilines is 2. The Morgan fingerprint density at radius 2 is 2.00 bits per heavy atom. The highest BCUT2D eigenvalue weighted by Gasteiger charge is 2.02. The summed E-state index contributed by atoms with van der Waals surface area (Å²) in [7, 11) is 0. The first-order valence-corrected chi connectivity index (χ1v) is 6.10. The van der Waals surface area contributed by atoms with Gasteiger partial charge in [0.15, 0.2) is 0 Å². The van der Waals surface area contributed by atoms with E-state index in [-0.39, 0.29) is 5.91 Å². The molecule has 5 nitrogen and oxygen atoms in total. The maximum Gasteiger partial charge on any atom is 0.223 e. The summed E-state index contributed by atoms with van der Waals surface area (Å²) in [6.07, 6.45) is 3.76. The minimum Gasteiger partial charge on any atom is -0.399 e. The van der Waals surface area contributed by atoms with Crippen molar-refractivity contribution in [2.24, 2.45) is 0 Å². The molecule has 1 aromatic carbocycles. The summed E-state index contributed by atoms with van der Waals surface area (Å²) >= 11 is 1.32. The van der Waals surface area contributed by atoms with Gasteiger partial charge in [-0.1, -0.05) is 29.5 Å². The van der Waals surface area contributed by atoms with Gasteiger partial charge in [0.25, 0.3) is 0 Å². The molecule has 0 bridgehead atoms. The number of aromatic nitrogens is 2. The van der Waals surface area contributed by atoms with Crippen LogP contribution in [0.2, 0.25) is 0 Å². The van der Waals surface area contributed by atoms with E-state index in [2.05, 4.69) is 15.5 Å². The molecule has 92 valence electrons. The van der Waals surface area contributed by atoms with Crippen LogP contribution in [0.3, 0.4) is 0 Å². The van der Waals surface area contributed by atoms with Gasteiger partial charge < -0.3 is 11.1 Å². The Hall–Kier alpha value is -2.21. The zero-order chi connectivity index (χ0) is 13.0. The van der Waals surface area contributed by atoms with E-state index < -0.39 is 0 Å². The Bertz CT molecular complexity index is 574. The molecular weight excluding hydrogens is 248 g/mol. The fourth-order valence-electron chi connectivity index (χ4n) is 1.28. The van der Waals surface area contributed by atoms with Crippen molar-refractivity contribution < 1.29 is 4.79 Å². The summed E-state index contributed by atoms with van der Waals surface area (Å²) < 4.78 is 0. The lowest BCUT2D eigenvalue weighted by atomic mass is 10.2. The number of carbonyl (C=O) groups excluding carboxylic acids is 1. The van der Waals surface area contributed by atoms with Crippen LogP contribution in [0.1, 0.15) is 17.5 Å². The molecule has 2 aromatic rings. The van der Waals surface area contributed by atoms with Gasteiger partial charge in [-0.3, -0.25) is 4.79 Å². The van der Waals surface area contributed by atoms with Crippen molar-refractivity contribution in [3.63, 3.8) is 0 Å². The minimum absolute atomic E-state index is 0.153. The van der Waals surface area contributed by atoms with E-state index in [0.717, 1.165) is 16.3 Å². The van der Waals surface area contributed by atoms with E-state index in [1.54, 1.807) is 0 Å². The van der Waals surface area contributed by atoms with Gasteiger partial charge in [-0.25, -0.2) is 0 Å². The van der Waals surface area contributed by atoms with Crippen LogP contribution >= 0.6 is 11.3 Å². The lowest BCUT2D eigenvalue weighted by Gasteiger charge is -1.93. The Morgan fingerprint density at radius 3 is 2.67 bits per heavy atom. The van der Waals surface area contributed by atoms with Crippen LogP contribution in [0, 0.1) is 0 Å². The lowest BCUT2D eigenvalue weighted by Crippen LogP contribution is -2.04. The molecule has 1 amide bonds. The Kier molecular flexibility index (Phi) is 3.69. The quantitative estimate of drug-likeness (QED) is 0.829. The van der Waals surface area contributed by atoms with Crippen LogP contribution in [-0.2, 0) is 4.79 Å². The zero-order valence-electron chi connectivity index (χ0n) is 9.75. The Morgan fingerprint density at radius 1 is 1.28 bits per heavy atom. The first-order chi connectivity index (χ1) is 8.63. The number of hydrogen-bond donors (Lipinski definition) is 2. The third-order valence-corrected chi connectivity index (χ3v) is 2.88. The highest BCUT2D eigenvalue weighted by Crippen LogP contribution is 2.17. The SMILES string of the molecule is CC(=O)Nc1nnc(/C=C/c2ccc(N)cc2)s1. The molecule has 0 radical (unpaired) electrons. The van der Waals surface area contributed by atoms with Crippen LogP contribution in [0.5, 0.6) is 0 Å². The van der Waals surface area contributed by atoms with E-state index in [1.807, 2.05) is 36.4 Å². The van der Waals surface area contributed by atoms with Crippen molar-refractivity contribution in [1.82, 2.24) is 10.2 Å². The van der Waals surface area contributed by atoms with Crippen molar-refractivity contribution in [2.75, 3.05) is 11.1 Å². The van der Waals surface area contributed by atoms with Crippen molar-refractivity contribution in [3.8, 4) is 0 Å². The summed E-state index contributed by atoms with van der Waals surface area (Å²) in [6.45, 7) is 1.44. The number of carbonyl (C=O) groups is 1. The molecule has 0 fully saturated rings. The van der Waals surface area contributed by atoms with Gasteiger partial charge in [0.1, 0.15) is 5.01 Å². The standard InChI is InChI=1S/C12H12N4OS/c1-8(17)14-12-16-15-11(18-12)7-4-9-2-5-10(13)6-3-9/h2-7H,13H2,1H3,(H,14,16,17)/b7-4+. The van der Waals surface area contributed by atoms with E-state index in [0.29, 0.717) is 5.13 Å². The normalized spacial score (nSPS) is 10.7. The monoisotopic (exact) mass is 260 g/mol. The molecule has 0 saturated carbocycles. The molecule has 0 unspecified atom stereocenters. The van der Waals surface area contributed by atoms with Crippen molar-refractivity contribution in [1.29, 1.82) is 0 Å². The number of nitrogens with two attached hydrogens (primary N) is 1. The van der Waals surface area contributed by atoms with Crippen molar-refractivity contribution >= 4 is 40.2 Å². The molecule has 3 N–H and O–H groups in total. The molecule has 0 spiro atoms. The summed E-state index contributed by atoms with van der Waals surface area (Å²) in [5, 5.41) is 11.6. The van der Waals surface area contributed by atoms with E-state index in [9.17, 15) is 4.79 Å². The largest absolute Gasteiger partial charge is 0.399 e. The second kappa shape index (κ2) is 5.42. The average molecular weight is 260 g/mol. The Labute approximate surface area is 108 Å². The highest BCUT2D eigenvalue weighted by atomic mass is 32.1. The fourth-order valence-corrected chi connectivity index (χ4v) is 1.97. The number of benzene rings is 1. The molecule has 0 atom stereocenters. The number of hydrogen-bond acceptors (Lipinski definition) is 5. The van der Waals surface area contributed by atoms with E-state index in [4.69, 9.17) is 5.73 Å². The van der Waals surface area contributed by atoms with E-state index in [1.165, 1.54) is 18.3 Å². The molecule has 1 heterocycles. The second-order valence-corrected chi connectivity index (χ2v) is 4.64. The van der Waals surface area contributed by atoms with Crippen LogP contribution in [0.4, 0.5) is 10.8 Å². The maximum absolute atomic E-state index is 10.8. The predicted octanol–water partition coefficient (Wildman–Crippen LogP) is 2.25. The fraction of sp³-hybridized carbons (Fsp3) is 0.0833. The number of nitrogen functional groups attached to an aromatic ring is 1. The van der Waals surface area contributed by atoms with Gasteiger partial charge in [0.2, 0.25) is 11.0 Å². The maximum atomic E-state index is 10.8. The molecule has 0 aliphatic rings. The first kappa shape index (κ1) is 12.3. The first-order valence-electron chi connectivity index (χ1n) is 5.28. The lowest BCUT2D eigenvalue weighted by molar-refractivity contribution is -0.114. The topological polar surface area (TPSA) is 80.9 Å². The molecular formula is C12H12N4OS. The summed E-state index contributed by atoms with van der Waals surface area (Å²) in [5.74, 6) is -0.153. The van der Waals surface area contributed by atoms with Crippen LogP contribution in [0.25, 0.3) is 12.2 Å². The van der Waals surface area contributed by atoms with Gasteiger partial charge in [-0.05, 0) is 23.8 Å². The molecule has 0 saturated heterocycles. The summed E-state index contributed by atoms with van der Waals surface area (Å²) in [6, 6.07) is 7.51. The molecule has 0 aliphatic carbocycles. The number of nitrogens with zero attached hydrogens (tertiary/aromatic N) is 2. The van der Waals surface area contributed by atoms with Gasteiger partial charge in [0.05, 0.1) is 0 Å². The zero-order valence-corrected chi connectivity index (χ0v) is 10.6.